The number of ether oxygens (including phenoxy) is 1. The summed E-state index contributed by atoms with van der Waals surface area (Å²) < 4.78 is 19.3. The van der Waals surface area contributed by atoms with E-state index in [-0.39, 0.29) is 24.2 Å². The van der Waals surface area contributed by atoms with E-state index < -0.39 is 0 Å². The maximum Gasteiger partial charge on any atom is 0.167 e. The Morgan fingerprint density at radius 1 is 1.10 bits per heavy atom. The van der Waals surface area contributed by atoms with Gasteiger partial charge in [-0.15, -0.1) is 0 Å². The van der Waals surface area contributed by atoms with Gasteiger partial charge in [0.15, 0.2) is 11.6 Å². The van der Waals surface area contributed by atoms with Crippen molar-refractivity contribution in [3.63, 3.8) is 0 Å². The minimum atomic E-state index is -0.319. The molecule has 2 aromatic carbocycles. The van der Waals surface area contributed by atoms with Crippen LogP contribution in [0.2, 0.25) is 0 Å². The third-order valence-corrected chi connectivity index (χ3v) is 3.25. The van der Waals surface area contributed by atoms with Gasteiger partial charge in [-0.25, -0.2) is 4.39 Å². The molecule has 0 aliphatic heterocycles. The molecule has 2 aromatic rings. The van der Waals surface area contributed by atoms with Crippen LogP contribution in [0.1, 0.15) is 28.3 Å². The molecule has 1 unspecified atom stereocenters. The van der Waals surface area contributed by atoms with Crippen LogP contribution in [0, 0.1) is 26.6 Å². The van der Waals surface area contributed by atoms with E-state index in [1.165, 1.54) is 0 Å². The van der Waals surface area contributed by atoms with Crippen molar-refractivity contribution in [2.75, 3.05) is 6.61 Å². The van der Waals surface area contributed by atoms with Gasteiger partial charge in [0.1, 0.15) is 6.61 Å². The Morgan fingerprint density at radius 2 is 1.75 bits per heavy atom. The van der Waals surface area contributed by atoms with Crippen molar-refractivity contribution in [3.8, 4) is 5.75 Å². The van der Waals surface area contributed by atoms with Crippen LogP contribution in [0.25, 0.3) is 0 Å². The summed E-state index contributed by atoms with van der Waals surface area (Å²) in [7, 11) is 0. The van der Waals surface area contributed by atoms with Gasteiger partial charge in [0, 0.05) is 0 Å². The second kappa shape index (κ2) is 6.06. The number of nitrogens with two attached hydrogens (primary N) is 1. The van der Waals surface area contributed by atoms with Gasteiger partial charge in [-0.05, 0) is 38.0 Å². The molecule has 0 heterocycles. The second-order valence-electron chi connectivity index (χ2n) is 5.23. The zero-order valence-corrected chi connectivity index (χ0v) is 12.1. The molecule has 0 aliphatic rings. The predicted octanol–water partition coefficient (Wildman–Crippen LogP) is 3.83. The lowest BCUT2D eigenvalue weighted by Crippen LogP contribution is -2.19. The highest BCUT2D eigenvalue weighted by Crippen LogP contribution is 2.22. The van der Waals surface area contributed by atoms with Crippen molar-refractivity contribution >= 4 is 0 Å². The van der Waals surface area contributed by atoms with Gasteiger partial charge in [-0.1, -0.05) is 41.5 Å². The smallest absolute Gasteiger partial charge is 0.167 e. The molecule has 0 aromatic heterocycles. The Bertz CT molecular complexity index is 590. The molecule has 0 fully saturated rings. The first kappa shape index (κ1) is 14.5. The average Bonchev–Trinajstić information content (AvgIpc) is 2.39. The lowest BCUT2D eigenvalue weighted by molar-refractivity contribution is 0.276. The van der Waals surface area contributed by atoms with E-state index >= 15 is 0 Å². The lowest BCUT2D eigenvalue weighted by atomic mass is 10.0. The molecule has 3 heteroatoms. The van der Waals surface area contributed by atoms with Crippen LogP contribution in [0.15, 0.2) is 36.4 Å². The number of rotatable bonds is 4. The van der Waals surface area contributed by atoms with Crippen molar-refractivity contribution < 1.29 is 9.13 Å². The molecular formula is C17H20FNO. The van der Waals surface area contributed by atoms with Crippen molar-refractivity contribution in [3.05, 3.63) is 64.5 Å². The standard InChI is InChI=1S/C17H20FNO/c1-11-7-12(2)9-14(8-11)15(19)10-20-16-6-4-5-13(3)17(16)18/h4-9,15H,10,19H2,1-3H3. The van der Waals surface area contributed by atoms with Crippen LogP contribution < -0.4 is 10.5 Å². The molecule has 1 atom stereocenters. The van der Waals surface area contributed by atoms with Gasteiger partial charge in [0.05, 0.1) is 6.04 Å². The number of halogens is 1. The third-order valence-electron chi connectivity index (χ3n) is 3.25. The highest BCUT2D eigenvalue weighted by atomic mass is 19.1. The van der Waals surface area contributed by atoms with Crippen LogP contribution in [0.3, 0.4) is 0 Å². The Hall–Kier alpha value is -1.87. The first-order valence-corrected chi connectivity index (χ1v) is 6.69. The van der Waals surface area contributed by atoms with Crippen molar-refractivity contribution in [1.82, 2.24) is 0 Å². The summed E-state index contributed by atoms with van der Waals surface area (Å²) >= 11 is 0. The molecule has 0 radical (unpaired) electrons. The molecule has 106 valence electrons. The van der Waals surface area contributed by atoms with Crippen LogP contribution in [-0.2, 0) is 0 Å². The fourth-order valence-electron chi connectivity index (χ4n) is 2.23. The molecule has 0 bridgehead atoms. The third kappa shape index (κ3) is 3.36. The van der Waals surface area contributed by atoms with E-state index in [9.17, 15) is 4.39 Å². The zero-order chi connectivity index (χ0) is 14.7. The summed E-state index contributed by atoms with van der Waals surface area (Å²) in [6.45, 7) is 6.03. The van der Waals surface area contributed by atoms with E-state index in [2.05, 4.69) is 6.07 Å². The lowest BCUT2D eigenvalue weighted by Gasteiger charge is -2.15. The molecule has 2 rings (SSSR count). The van der Waals surface area contributed by atoms with Gasteiger partial charge >= 0.3 is 0 Å². The van der Waals surface area contributed by atoms with Crippen LogP contribution in [0.5, 0.6) is 5.75 Å². The highest BCUT2D eigenvalue weighted by Gasteiger charge is 2.11. The molecule has 0 aliphatic carbocycles. The Kier molecular flexibility index (Phi) is 4.40. The average molecular weight is 273 g/mol. The van der Waals surface area contributed by atoms with Gasteiger partial charge in [-0.3, -0.25) is 0 Å². The number of aryl methyl sites for hydroxylation is 3. The van der Waals surface area contributed by atoms with Crippen LogP contribution >= 0.6 is 0 Å². The summed E-state index contributed by atoms with van der Waals surface area (Å²) in [5.74, 6) is -0.0649. The molecule has 2 N–H and O–H groups in total. The minimum absolute atomic E-state index is 0.253. The van der Waals surface area contributed by atoms with Crippen LogP contribution in [-0.4, -0.2) is 6.61 Å². The molecule has 0 saturated heterocycles. The highest BCUT2D eigenvalue weighted by molar-refractivity contribution is 5.32. The molecule has 2 nitrogen and oxygen atoms in total. The molecule has 0 amide bonds. The monoisotopic (exact) mass is 273 g/mol. The van der Waals surface area contributed by atoms with Crippen LogP contribution in [0.4, 0.5) is 4.39 Å². The molecule has 0 spiro atoms. The molecule has 0 saturated carbocycles. The Labute approximate surface area is 119 Å². The van der Waals surface area contributed by atoms with E-state index in [1.54, 1.807) is 25.1 Å². The summed E-state index contributed by atoms with van der Waals surface area (Å²) in [5.41, 5.74) is 10.0. The van der Waals surface area contributed by atoms with Crippen molar-refractivity contribution in [2.45, 2.75) is 26.8 Å². The zero-order valence-electron chi connectivity index (χ0n) is 12.1. The van der Waals surface area contributed by atoms with Gasteiger partial charge in [-0.2, -0.15) is 0 Å². The Balaban J connectivity index is 2.08. The Morgan fingerprint density at radius 3 is 2.40 bits per heavy atom. The second-order valence-corrected chi connectivity index (χ2v) is 5.23. The van der Waals surface area contributed by atoms with E-state index in [0.29, 0.717) is 5.56 Å². The fraction of sp³-hybridized carbons (Fsp3) is 0.294. The van der Waals surface area contributed by atoms with E-state index in [1.807, 2.05) is 26.0 Å². The fourth-order valence-corrected chi connectivity index (χ4v) is 2.23. The summed E-state index contributed by atoms with van der Waals surface area (Å²) in [6, 6.07) is 11.0. The largest absolute Gasteiger partial charge is 0.489 e. The SMILES string of the molecule is Cc1cc(C)cc(C(N)COc2cccc(C)c2F)c1. The first-order valence-electron chi connectivity index (χ1n) is 6.69. The molecular weight excluding hydrogens is 253 g/mol. The van der Waals surface area contributed by atoms with Gasteiger partial charge < -0.3 is 10.5 Å². The first-order chi connectivity index (χ1) is 9.47. The van der Waals surface area contributed by atoms with Gasteiger partial charge in [0.2, 0.25) is 0 Å². The number of hydrogen-bond acceptors (Lipinski definition) is 2. The van der Waals surface area contributed by atoms with Crippen molar-refractivity contribution in [1.29, 1.82) is 0 Å². The summed E-state index contributed by atoms with van der Waals surface area (Å²) in [6.07, 6.45) is 0. The summed E-state index contributed by atoms with van der Waals surface area (Å²) in [4.78, 5) is 0. The normalized spacial score (nSPS) is 12.2. The van der Waals surface area contributed by atoms with Gasteiger partial charge in [0.25, 0.3) is 0 Å². The quantitative estimate of drug-likeness (QED) is 0.918. The maximum atomic E-state index is 13.8. The predicted molar refractivity (Wildman–Crippen MR) is 79.5 cm³/mol. The molecule has 20 heavy (non-hydrogen) atoms. The van der Waals surface area contributed by atoms with E-state index in [4.69, 9.17) is 10.5 Å². The van der Waals surface area contributed by atoms with E-state index in [0.717, 1.165) is 16.7 Å². The topological polar surface area (TPSA) is 35.2 Å². The maximum absolute atomic E-state index is 13.8. The number of benzene rings is 2. The number of hydrogen-bond donors (Lipinski definition) is 1. The van der Waals surface area contributed by atoms with Crippen molar-refractivity contribution in [2.24, 2.45) is 5.73 Å². The minimum Gasteiger partial charge on any atom is -0.489 e. The summed E-state index contributed by atoms with van der Waals surface area (Å²) in [5, 5.41) is 0.